The molecule has 0 aromatic heterocycles. The van der Waals surface area contributed by atoms with Crippen molar-refractivity contribution in [1.29, 1.82) is 0 Å². The van der Waals surface area contributed by atoms with E-state index in [0.717, 1.165) is 31.9 Å². The van der Waals surface area contributed by atoms with Crippen molar-refractivity contribution in [2.45, 2.75) is 37.3 Å². The average molecular weight is 381 g/mol. The molecule has 1 atom stereocenters. The Morgan fingerprint density at radius 2 is 1.96 bits per heavy atom. The van der Waals surface area contributed by atoms with Crippen molar-refractivity contribution in [1.82, 2.24) is 10.2 Å². The Balaban J connectivity index is 1.74. The number of para-hydroxylation sites is 2. The van der Waals surface area contributed by atoms with Crippen molar-refractivity contribution in [3.05, 3.63) is 24.3 Å². The number of fused-ring (bicyclic) bond motifs is 1. The van der Waals surface area contributed by atoms with Crippen molar-refractivity contribution < 1.29 is 17.9 Å². The molecule has 26 heavy (non-hydrogen) atoms. The second kappa shape index (κ2) is 7.08. The third-order valence-corrected chi connectivity index (χ3v) is 6.65. The summed E-state index contributed by atoms with van der Waals surface area (Å²) >= 11 is 0. The first-order valence-corrected chi connectivity index (χ1v) is 10.8. The standard InChI is InChI=1S/C18H27N3O4S/c1-20(2)18(10-6-7-11-18)13-19-17(22)16-12-21(26(3,23)24)14-8-4-5-9-15(14)25-16/h4-5,8-9,16H,6-7,10-13H2,1-3H3,(H,19,22)/t16-/m0/s1. The molecule has 0 spiro atoms. The Hall–Kier alpha value is -1.80. The Bertz CT molecular complexity index is 772. The Labute approximate surface area is 155 Å². The van der Waals surface area contributed by atoms with Gasteiger partial charge in [-0.15, -0.1) is 0 Å². The monoisotopic (exact) mass is 381 g/mol. The zero-order valence-corrected chi connectivity index (χ0v) is 16.4. The van der Waals surface area contributed by atoms with Crippen molar-refractivity contribution in [3.63, 3.8) is 0 Å². The minimum Gasteiger partial charge on any atom is -0.476 e. The number of sulfonamides is 1. The molecule has 2 aliphatic rings. The normalized spacial score (nSPS) is 22.0. The van der Waals surface area contributed by atoms with Gasteiger partial charge in [0.2, 0.25) is 10.0 Å². The van der Waals surface area contributed by atoms with E-state index in [-0.39, 0.29) is 18.0 Å². The molecule has 7 nitrogen and oxygen atoms in total. The second-order valence-corrected chi connectivity index (χ2v) is 9.32. The number of hydrogen-bond acceptors (Lipinski definition) is 5. The lowest BCUT2D eigenvalue weighted by Gasteiger charge is -2.38. The molecule has 1 aliphatic heterocycles. The second-order valence-electron chi connectivity index (χ2n) is 7.41. The van der Waals surface area contributed by atoms with E-state index in [0.29, 0.717) is 18.0 Å². The molecular weight excluding hydrogens is 354 g/mol. The van der Waals surface area contributed by atoms with E-state index in [2.05, 4.69) is 10.2 Å². The van der Waals surface area contributed by atoms with Gasteiger partial charge in [-0.2, -0.15) is 0 Å². The fourth-order valence-corrected chi connectivity index (χ4v) is 4.75. The van der Waals surface area contributed by atoms with E-state index >= 15 is 0 Å². The van der Waals surface area contributed by atoms with Gasteiger partial charge in [0.25, 0.3) is 5.91 Å². The number of carbonyl (C=O) groups is 1. The Morgan fingerprint density at radius 3 is 2.58 bits per heavy atom. The molecule has 0 radical (unpaired) electrons. The number of anilines is 1. The molecule has 1 N–H and O–H groups in total. The van der Waals surface area contributed by atoms with Crippen LogP contribution in [0, 0.1) is 0 Å². The molecular formula is C18H27N3O4S. The summed E-state index contributed by atoms with van der Waals surface area (Å²) in [5, 5.41) is 2.99. The van der Waals surface area contributed by atoms with Gasteiger partial charge >= 0.3 is 0 Å². The van der Waals surface area contributed by atoms with Crippen LogP contribution in [0.5, 0.6) is 5.75 Å². The number of nitrogens with zero attached hydrogens (tertiary/aromatic N) is 2. The summed E-state index contributed by atoms with van der Waals surface area (Å²) in [7, 11) is 0.579. The molecule has 1 saturated carbocycles. The average Bonchev–Trinajstić information content (AvgIpc) is 3.08. The number of ether oxygens (including phenoxy) is 1. The maximum absolute atomic E-state index is 12.7. The molecule has 1 aromatic carbocycles. The Kier molecular flexibility index (Phi) is 5.16. The number of likely N-dealkylation sites (N-methyl/N-ethyl adjacent to an activating group) is 1. The van der Waals surface area contributed by atoms with Crippen LogP contribution in [0.25, 0.3) is 0 Å². The lowest BCUT2D eigenvalue weighted by molar-refractivity contribution is -0.128. The molecule has 144 valence electrons. The number of amides is 1. The molecule has 1 heterocycles. The maximum Gasteiger partial charge on any atom is 0.263 e. The first-order valence-electron chi connectivity index (χ1n) is 8.91. The van der Waals surface area contributed by atoms with Gasteiger partial charge in [0.05, 0.1) is 18.5 Å². The molecule has 0 saturated heterocycles. The van der Waals surface area contributed by atoms with Crippen LogP contribution in [0.15, 0.2) is 24.3 Å². The van der Waals surface area contributed by atoms with Crippen LogP contribution in [0.1, 0.15) is 25.7 Å². The third-order valence-electron chi connectivity index (χ3n) is 5.50. The largest absolute Gasteiger partial charge is 0.476 e. The number of hydrogen-bond donors (Lipinski definition) is 1. The number of benzene rings is 1. The molecule has 1 aliphatic carbocycles. The summed E-state index contributed by atoms with van der Waals surface area (Å²) in [6.07, 6.45) is 4.68. The number of nitrogens with one attached hydrogen (secondary N) is 1. The smallest absolute Gasteiger partial charge is 0.263 e. The molecule has 0 bridgehead atoms. The summed E-state index contributed by atoms with van der Waals surface area (Å²) in [6, 6.07) is 6.89. The lowest BCUT2D eigenvalue weighted by Crippen LogP contribution is -2.55. The van der Waals surface area contributed by atoms with Crippen molar-refractivity contribution in [2.75, 3.05) is 37.7 Å². The molecule has 3 rings (SSSR count). The van der Waals surface area contributed by atoms with E-state index in [1.807, 2.05) is 14.1 Å². The SMILES string of the molecule is CN(C)C1(CNC(=O)[C@@H]2CN(S(C)(=O)=O)c3ccccc3O2)CCCC1. The number of rotatable bonds is 5. The van der Waals surface area contributed by atoms with Gasteiger partial charge in [-0.25, -0.2) is 8.42 Å². The van der Waals surface area contributed by atoms with Crippen LogP contribution in [-0.4, -0.2) is 64.3 Å². The van der Waals surface area contributed by atoms with Gasteiger partial charge in [-0.1, -0.05) is 25.0 Å². The molecule has 1 amide bonds. The predicted octanol–water partition coefficient (Wildman–Crippen LogP) is 1.20. The first kappa shape index (κ1) is 19.0. The zero-order valence-electron chi connectivity index (χ0n) is 15.6. The fourth-order valence-electron chi connectivity index (χ4n) is 3.83. The third kappa shape index (κ3) is 3.66. The topological polar surface area (TPSA) is 79.0 Å². The molecule has 0 unspecified atom stereocenters. The van der Waals surface area contributed by atoms with Gasteiger partial charge in [-0.05, 0) is 39.1 Å². The highest BCUT2D eigenvalue weighted by atomic mass is 32.2. The summed E-state index contributed by atoms with van der Waals surface area (Å²) in [5.74, 6) is 0.133. The summed E-state index contributed by atoms with van der Waals surface area (Å²) < 4.78 is 31.4. The van der Waals surface area contributed by atoms with Gasteiger partial charge in [0, 0.05) is 12.1 Å². The quantitative estimate of drug-likeness (QED) is 0.829. The highest BCUT2D eigenvalue weighted by Crippen LogP contribution is 2.35. The molecule has 1 fully saturated rings. The minimum absolute atomic E-state index is 0.0172. The lowest BCUT2D eigenvalue weighted by atomic mass is 9.96. The predicted molar refractivity (Wildman–Crippen MR) is 101 cm³/mol. The molecule has 8 heteroatoms. The van der Waals surface area contributed by atoms with Crippen LogP contribution in [0.3, 0.4) is 0 Å². The molecule has 1 aromatic rings. The van der Waals surface area contributed by atoms with Gasteiger partial charge in [0.1, 0.15) is 5.75 Å². The summed E-state index contributed by atoms with van der Waals surface area (Å²) in [6.45, 7) is 0.524. The highest BCUT2D eigenvalue weighted by Gasteiger charge is 2.39. The van der Waals surface area contributed by atoms with Gasteiger partial charge < -0.3 is 15.0 Å². The maximum atomic E-state index is 12.7. The van der Waals surface area contributed by atoms with Gasteiger partial charge in [0.15, 0.2) is 6.10 Å². The van der Waals surface area contributed by atoms with E-state index in [9.17, 15) is 13.2 Å². The van der Waals surface area contributed by atoms with E-state index < -0.39 is 16.1 Å². The van der Waals surface area contributed by atoms with Crippen molar-refractivity contribution in [3.8, 4) is 5.75 Å². The van der Waals surface area contributed by atoms with Crippen LogP contribution >= 0.6 is 0 Å². The van der Waals surface area contributed by atoms with Crippen LogP contribution in [-0.2, 0) is 14.8 Å². The van der Waals surface area contributed by atoms with Gasteiger partial charge in [-0.3, -0.25) is 9.10 Å². The minimum atomic E-state index is -3.50. The van der Waals surface area contributed by atoms with Crippen LogP contribution in [0.2, 0.25) is 0 Å². The van der Waals surface area contributed by atoms with Crippen LogP contribution < -0.4 is 14.4 Å². The highest BCUT2D eigenvalue weighted by molar-refractivity contribution is 7.92. The van der Waals surface area contributed by atoms with Crippen LogP contribution in [0.4, 0.5) is 5.69 Å². The Morgan fingerprint density at radius 1 is 1.31 bits per heavy atom. The van der Waals surface area contributed by atoms with E-state index in [1.165, 1.54) is 4.31 Å². The first-order chi connectivity index (χ1) is 12.2. The van der Waals surface area contributed by atoms with Crippen molar-refractivity contribution >= 4 is 21.6 Å². The number of carbonyl (C=O) groups excluding carboxylic acids is 1. The van der Waals surface area contributed by atoms with E-state index in [4.69, 9.17) is 4.74 Å². The summed E-state index contributed by atoms with van der Waals surface area (Å²) in [5.41, 5.74) is 0.443. The fraction of sp³-hybridized carbons (Fsp3) is 0.611. The van der Waals surface area contributed by atoms with Crippen molar-refractivity contribution in [2.24, 2.45) is 0 Å². The van der Waals surface area contributed by atoms with E-state index in [1.54, 1.807) is 24.3 Å². The zero-order chi connectivity index (χ0) is 18.9. The summed E-state index contributed by atoms with van der Waals surface area (Å²) in [4.78, 5) is 14.9.